The Balaban J connectivity index is 0.000000317. The fraction of sp³-hybridized carbons (Fsp3) is 0.435. The number of carbonyl (C=O) groups excluding carboxylic acids is 1. The maximum absolute atomic E-state index is 12.2. The highest BCUT2D eigenvalue weighted by atomic mass is 16.5. The van der Waals surface area contributed by atoms with Crippen molar-refractivity contribution in [3.63, 3.8) is 0 Å². The lowest BCUT2D eigenvalue weighted by atomic mass is 9.78. The summed E-state index contributed by atoms with van der Waals surface area (Å²) in [5, 5.41) is 57.0. The molecule has 0 heterocycles. The molecule has 300 valence electrons. The number of aliphatic hydroxyl groups is 1. The maximum atomic E-state index is 12.2. The summed E-state index contributed by atoms with van der Waals surface area (Å²) in [5.74, 6) is -0.199. The summed E-state index contributed by atoms with van der Waals surface area (Å²) in [6.45, 7) is 24.9. The Hall–Kier alpha value is -5.02. The topological polar surface area (TPSA) is 165 Å². The highest BCUT2D eigenvalue weighted by Crippen LogP contribution is 2.41. The molecule has 9 nitrogen and oxygen atoms in total. The highest BCUT2D eigenvalue weighted by molar-refractivity contribution is 5.72. The van der Waals surface area contributed by atoms with Crippen molar-refractivity contribution in [2.45, 2.75) is 131 Å². The molecule has 0 aliphatic carbocycles. The van der Waals surface area contributed by atoms with Crippen LogP contribution in [-0.2, 0) is 62.0 Å². The molecule has 0 fully saturated rings. The second-order valence-corrected chi connectivity index (χ2v) is 18.0. The van der Waals surface area contributed by atoms with E-state index in [2.05, 4.69) is 83.1 Å². The molecular formula is C46H62O9. The third-order valence-electron chi connectivity index (χ3n) is 8.73. The van der Waals surface area contributed by atoms with Crippen LogP contribution in [0.4, 0.5) is 0 Å². The van der Waals surface area contributed by atoms with Gasteiger partial charge in [0.25, 0.3) is 0 Å². The summed E-state index contributed by atoms with van der Waals surface area (Å²) in [5.41, 5.74) is 5.97. The van der Waals surface area contributed by atoms with Crippen LogP contribution in [0.5, 0.6) is 23.0 Å². The van der Waals surface area contributed by atoms with Gasteiger partial charge < -0.3 is 35.4 Å². The number of phenols is 4. The quantitative estimate of drug-likeness (QED) is 0.101. The summed E-state index contributed by atoms with van der Waals surface area (Å²) in [6.07, 6.45) is 0.150. The number of esters is 1. The molecule has 9 heteroatoms. The van der Waals surface area contributed by atoms with Crippen LogP contribution in [-0.4, -0.2) is 42.6 Å². The van der Waals surface area contributed by atoms with Crippen LogP contribution >= 0.6 is 0 Å². The first-order valence-corrected chi connectivity index (χ1v) is 18.4. The van der Waals surface area contributed by atoms with Crippen LogP contribution in [0.1, 0.15) is 128 Å². The van der Waals surface area contributed by atoms with E-state index in [1.807, 2.05) is 24.3 Å². The molecule has 0 aromatic heterocycles. The number of aliphatic hydroxyl groups excluding tert-OH is 1. The lowest BCUT2D eigenvalue weighted by Crippen LogP contribution is -2.18. The second-order valence-electron chi connectivity index (χ2n) is 18.0. The number of carbonyl (C=O) groups is 2. The van der Waals surface area contributed by atoms with Gasteiger partial charge >= 0.3 is 11.9 Å². The van der Waals surface area contributed by atoms with Crippen LogP contribution in [0.3, 0.4) is 0 Å². The molecule has 4 aromatic rings. The Morgan fingerprint density at radius 1 is 0.491 bits per heavy atom. The van der Waals surface area contributed by atoms with Crippen molar-refractivity contribution in [1.29, 1.82) is 0 Å². The minimum Gasteiger partial charge on any atom is -0.508 e. The number of aliphatic carboxylic acids is 1. The number of aromatic hydroxyl groups is 4. The molecular weight excluding hydrogens is 696 g/mol. The molecule has 0 saturated carbocycles. The predicted octanol–water partition coefficient (Wildman–Crippen LogP) is 9.48. The zero-order valence-corrected chi connectivity index (χ0v) is 34.7. The number of hydrogen-bond acceptors (Lipinski definition) is 8. The van der Waals surface area contributed by atoms with Gasteiger partial charge in [0.2, 0.25) is 0 Å². The number of rotatable bonds is 7. The molecule has 0 unspecified atom stereocenters. The molecule has 0 atom stereocenters. The van der Waals surface area contributed by atoms with Gasteiger partial charge in [0, 0.05) is 0 Å². The van der Waals surface area contributed by atoms with E-state index >= 15 is 0 Å². The molecule has 0 aliphatic heterocycles. The molecule has 6 N–H and O–H groups in total. The molecule has 55 heavy (non-hydrogen) atoms. The van der Waals surface area contributed by atoms with E-state index in [-0.39, 0.29) is 65.2 Å². The molecule has 0 amide bonds. The lowest BCUT2D eigenvalue weighted by molar-refractivity contribution is -0.144. The van der Waals surface area contributed by atoms with E-state index in [0.717, 1.165) is 38.9 Å². The van der Waals surface area contributed by atoms with E-state index in [1.165, 1.54) is 12.1 Å². The molecule has 4 aromatic carbocycles. The Morgan fingerprint density at radius 3 is 1.09 bits per heavy atom. The normalized spacial score (nSPS) is 11.8. The molecule has 0 aliphatic rings. The van der Waals surface area contributed by atoms with Crippen LogP contribution in [0.2, 0.25) is 0 Å². The molecule has 0 spiro atoms. The Morgan fingerprint density at radius 2 is 0.800 bits per heavy atom. The molecule has 0 bridgehead atoms. The average molecular weight is 759 g/mol. The largest absolute Gasteiger partial charge is 0.508 e. The summed E-state index contributed by atoms with van der Waals surface area (Å²) in [6, 6.07) is 20.2. The monoisotopic (exact) mass is 758 g/mol. The van der Waals surface area contributed by atoms with Gasteiger partial charge in [0.05, 0.1) is 19.4 Å². The third-order valence-corrected chi connectivity index (χ3v) is 8.73. The van der Waals surface area contributed by atoms with Crippen molar-refractivity contribution < 1.29 is 45.0 Å². The van der Waals surface area contributed by atoms with Gasteiger partial charge in [-0.3, -0.25) is 9.59 Å². The van der Waals surface area contributed by atoms with Gasteiger partial charge in [-0.1, -0.05) is 107 Å². The van der Waals surface area contributed by atoms with Gasteiger partial charge in [-0.25, -0.2) is 0 Å². The van der Waals surface area contributed by atoms with Crippen LogP contribution in [0, 0.1) is 0 Å². The van der Waals surface area contributed by atoms with Gasteiger partial charge in [-0.15, -0.1) is 0 Å². The smallest absolute Gasteiger partial charge is 0.310 e. The number of carboxylic acids is 1. The van der Waals surface area contributed by atoms with E-state index in [0.29, 0.717) is 17.1 Å². The maximum Gasteiger partial charge on any atom is 0.310 e. The van der Waals surface area contributed by atoms with Crippen LogP contribution in [0.25, 0.3) is 0 Å². The zero-order chi connectivity index (χ0) is 42.1. The average Bonchev–Trinajstić information content (AvgIpc) is 3.05. The van der Waals surface area contributed by atoms with Crippen molar-refractivity contribution in [3.8, 4) is 23.0 Å². The van der Waals surface area contributed by atoms with Crippen LogP contribution < -0.4 is 0 Å². The van der Waals surface area contributed by atoms with Gasteiger partial charge in [-0.05, 0) is 115 Å². The first-order chi connectivity index (χ1) is 25.1. The SMILES string of the molecule is CC(C)(C)c1cc(CO)cc(C(C)(C)C)c1O.CC(C)(C)c1cc(COC(=O)Cc2ccc(O)cc2)cc(C(C)(C)C)c1O.O=C(O)Cc1ccc(O)cc1. The van der Waals surface area contributed by atoms with Crippen molar-refractivity contribution >= 4 is 11.9 Å². The zero-order valence-electron chi connectivity index (χ0n) is 34.7. The van der Waals surface area contributed by atoms with E-state index < -0.39 is 5.97 Å². The second kappa shape index (κ2) is 18.5. The summed E-state index contributed by atoms with van der Waals surface area (Å²) in [4.78, 5) is 22.4. The van der Waals surface area contributed by atoms with Crippen LogP contribution in [0.15, 0.2) is 72.8 Å². The Bertz CT molecular complexity index is 1810. The Kier molecular flexibility index (Phi) is 15.6. The number of ether oxygens (including phenoxy) is 1. The number of hydrogen-bond donors (Lipinski definition) is 6. The number of benzene rings is 4. The van der Waals surface area contributed by atoms with E-state index in [4.69, 9.17) is 14.9 Å². The highest BCUT2D eigenvalue weighted by Gasteiger charge is 2.28. The minimum atomic E-state index is -0.865. The lowest BCUT2D eigenvalue weighted by Gasteiger charge is -2.28. The standard InChI is InChI=1S/C23H30O4.C15H24O2.C8H8O3/c1-22(2,3)18-11-16(12-19(21(18)26)23(4,5)6)14-27-20(25)13-15-7-9-17(24)10-8-15;1-14(2,3)11-7-10(9-16)8-12(13(11)17)15(4,5)6;9-7-3-1-6(2-4-7)5-8(10)11/h7-12,24,26H,13-14H2,1-6H3;7-8,16-17H,9H2,1-6H3;1-4,9H,5H2,(H,10,11). The van der Waals surface area contributed by atoms with Gasteiger partial charge in [-0.2, -0.15) is 0 Å². The molecule has 0 saturated heterocycles. The minimum absolute atomic E-state index is 0.000278. The summed E-state index contributed by atoms with van der Waals surface area (Å²) >= 11 is 0. The molecule has 4 rings (SSSR count). The first-order valence-electron chi connectivity index (χ1n) is 18.4. The Labute approximate surface area is 327 Å². The summed E-state index contributed by atoms with van der Waals surface area (Å²) < 4.78 is 5.45. The fourth-order valence-electron chi connectivity index (χ4n) is 5.63. The third kappa shape index (κ3) is 14.6. The van der Waals surface area contributed by atoms with Gasteiger partial charge in [0.15, 0.2) is 0 Å². The summed E-state index contributed by atoms with van der Waals surface area (Å²) in [7, 11) is 0. The van der Waals surface area contributed by atoms with Crippen molar-refractivity contribution in [2.75, 3.05) is 0 Å². The number of phenolic OH excluding ortho intramolecular Hbond substituents is 4. The van der Waals surface area contributed by atoms with E-state index in [1.54, 1.807) is 36.4 Å². The van der Waals surface area contributed by atoms with Gasteiger partial charge in [0.1, 0.15) is 29.6 Å². The van der Waals surface area contributed by atoms with E-state index in [9.17, 15) is 30.0 Å². The van der Waals surface area contributed by atoms with Crippen molar-refractivity contribution in [1.82, 2.24) is 0 Å². The number of carboxylic acid groups (broad SMARTS) is 1. The van der Waals surface area contributed by atoms with Crippen molar-refractivity contribution in [2.24, 2.45) is 0 Å². The predicted molar refractivity (Wildman–Crippen MR) is 218 cm³/mol. The van der Waals surface area contributed by atoms with Crippen molar-refractivity contribution in [3.05, 3.63) is 117 Å². The molecule has 0 radical (unpaired) electrons. The fourth-order valence-corrected chi connectivity index (χ4v) is 5.63. The first kappa shape index (κ1) is 46.1.